The van der Waals surface area contributed by atoms with E-state index in [0.717, 1.165) is 5.57 Å². The summed E-state index contributed by atoms with van der Waals surface area (Å²) < 4.78 is 1.53. The van der Waals surface area contributed by atoms with Crippen molar-refractivity contribution in [1.29, 1.82) is 0 Å². The number of aromatic nitrogens is 1. The van der Waals surface area contributed by atoms with Gasteiger partial charge < -0.3 is 4.57 Å². The molecule has 0 aromatic carbocycles. The Bertz CT molecular complexity index is 354. The van der Waals surface area contributed by atoms with Crippen LogP contribution in [0.2, 0.25) is 5.02 Å². The first kappa shape index (κ1) is 9.07. The fourth-order valence-electron chi connectivity index (χ4n) is 0.917. The summed E-state index contributed by atoms with van der Waals surface area (Å²) in [6.45, 7) is 6.11. The minimum atomic E-state index is -0.0533. The number of pyridine rings is 1. The number of halogens is 1. The third-order valence-corrected chi connectivity index (χ3v) is 1.61. The zero-order chi connectivity index (χ0) is 9.14. The maximum atomic E-state index is 11.2. The molecule has 0 atom stereocenters. The molecule has 0 saturated heterocycles. The van der Waals surface area contributed by atoms with Gasteiger partial charge in [0.15, 0.2) is 0 Å². The van der Waals surface area contributed by atoms with Crippen LogP contribution in [0.3, 0.4) is 0 Å². The zero-order valence-corrected chi connectivity index (χ0v) is 7.64. The van der Waals surface area contributed by atoms with E-state index in [4.69, 9.17) is 11.6 Å². The summed E-state index contributed by atoms with van der Waals surface area (Å²) in [4.78, 5) is 11.2. The highest BCUT2D eigenvalue weighted by Crippen LogP contribution is 2.04. The van der Waals surface area contributed by atoms with Crippen molar-refractivity contribution < 1.29 is 0 Å². The Hall–Kier alpha value is -1.02. The minimum absolute atomic E-state index is 0.0533. The summed E-state index contributed by atoms with van der Waals surface area (Å²) >= 11 is 5.71. The predicted octanol–water partition coefficient (Wildman–Crippen LogP) is 2.08. The average Bonchev–Trinajstić information content (AvgIpc) is 1.96. The summed E-state index contributed by atoms with van der Waals surface area (Å²) in [6, 6.07) is 3.03. The van der Waals surface area contributed by atoms with E-state index in [2.05, 4.69) is 6.58 Å². The molecule has 64 valence electrons. The molecule has 0 aliphatic carbocycles. The lowest BCUT2D eigenvalue weighted by Gasteiger charge is -2.03. The van der Waals surface area contributed by atoms with Crippen LogP contribution >= 0.6 is 11.6 Å². The second-order valence-electron chi connectivity index (χ2n) is 2.77. The van der Waals surface area contributed by atoms with Gasteiger partial charge in [0.2, 0.25) is 0 Å². The van der Waals surface area contributed by atoms with Crippen LogP contribution in [0.4, 0.5) is 0 Å². The largest absolute Gasteiger partial charge is 0.310 e. The first-order valence-electron chi connectivity index (χ1n) is 3.60. The molecule has 0 aliphatic heterocycles. The topological polar surface area (TPSA) is 22.0 Å². The molecule has 0 aliphatic rings. The molecule has 0 fully saturated rings. The number of hydrogen-bond acceptors (Lipinski definition) is 1. The van der Waals surface area contributed by atoms with Gasteiger partial charge in [0.05, 0.1) is 5.02 Å². The SMILES string of the molecule is C=C(C)Cn1cc(Cl)ccc1=O. The highest BCUT2D eigenvalue weighted by atomic mass is 35.5. The molecule has 1 rings (SSSR count). The van der Waals surface area contributed by atoms with Crippen LogP contribution in [0.1, 0.15) is 6.92 Å². The van der Waals surface area contributed by atoms with Crippen LogP contribution in [-0.2, 0) is 6.54 Å². The second-order valence-corrected chi connectivity index (χ2v) is 3.21. The minimum Gasteiger partial charge on any atom is -0.310 e. The Kier molecular flexibility index (Phi) is 2.71. The van der Waals surface area contributed by atoms with Gasteiger partial charge in [0.25, 0.3) is 5.56 Å². The van der Waals surface area contributed by atoms with Crippen LogP contribution in [0.15, 0.2) is 35.3 Å². The van der Waals surface area contributed by atoms with Gasteiger partial charge in [-0.25, -0.2) is 0 Å². The maximum Gasteiger partial charge on any atom is 0.250 e. The molecule has 0 radical (unpaired) electrons. The van der Waals surface area contributed by atoms with Crippen molar-refractivity contribution in [2.45, 2.75) is 13.5 Å². The molecule has 3 heteroatoms. The lowest BCUT2D eigenvalue weighted by atomic mass is 10.3. The lowest BCUT2D eigenvalue weighted by Crippen LogP contribution is -2.18. The first-order chi connectivity index (χ1) is 5.59. The van der Waals surface area contributed by atoms with E-state index in [9.17, 15) is 4.79 Å². The Labute approximate surface area is 76.1 Å². The Morgan fingerprint density at radius 2 is 2.33 bits per heavy atom. The normalized spacial score (nSPS) is 9.83. The smallest absolute Gasteiger partial charge is 0.250 e. The van der Waals surface area contributed by atoms with E-state index in [1.165, 1.54) is 10.6 Å². The number of hydrogen-bond donors (Lipinski definition) is 0. The van der Waals surface area contributed by atoms with E-state index >= 15 is 0 Å². The summed E-state index contributed by atoms with van der Waals surface area (Å²) in [6.07, 6.45) is 1.61. The number of allylic oxidation sites excluding steroid dienone is 1. The van der Waals surface area contributed by atoms with E-state index in [0.29, 0.717) is 11.6 Å². The van der Waals surface area contributed by atoms with Crippen molar-refractivity contribution in [3.05, 3.63) is 45.9 Å². The molecule has 1 heterocycles. The van der Waals surface area contributed by atoms with Gasteiger partial charge in [-0.2, -0.15) is 0 Å². The van der Waals surface area contributed by atoms with Gasteiger partial charge in [0, 0.05) is 18.8 Å². The zero-order valence-electron chi connectivity index (χ0n) is 6.88. The third-order valence-electron chi connectivity index (χ3n) is 1.39. The van der Waals surface area contributed by atoms with Gasteiger partial charge in [-0.1, -0.05) is 23.8 Å². The Morgan fingerprint density at radius 1 is 1.67 bits per heavy atom. The Balaban J connectivity index is 3.06. The van der Waals surface area contributed by atoms with Gasteiger partial charge >= 0.3 is 0 Å². The van der Waals surface area contributed by atoms with Crippen LogP contribution in [0.5, 0.6) is 0 Å². The summed E-state index contributed by atoms with van der Waals surface area (Å²) in [5.41, 5.74) is 0.877. The van der Waals surface area contributed by atoms with E-state index in [1.54, 1.807) is 12.3 Å². The number of rotatable bonds is 2. The quantitative estimate of drug-likeness (QED) is 0.644. The molecule has 1 aromatic rings. The van der Waals surface area contributed by atoms with Gasteiger partial charge in [-0.3, -0.25) is 4.79 Å². The van der Waals surface area contributed by atoms with Gasteiger partial charge in [-0.05, 0) is 13.0 Å². The van der Waals surface area contributed by atoms with E-state index < -0.39 is 0 Å². The molecular formula is C9H10ClNO. The molecule has 12 heavy (non-hydrogen) atoms. The maximum absolute atomic E-state index is 11.2. The van der Waals surface area contributed by atoms with Crippen molar-refractivity contribution in [2.75, 3.05) is 0 Å². The molecule has 2 nitrogen and oxygen atoms in total. The van der Waals surface area contributed by atoms with Crippen LogP contribution in [0, 0.1) is 0 Å². The Morgan fingerprint density at radius 3 is 2.92 bits per heavy atom. The summed E-state index contributed by atoms with van der Waals surface area (Å²) in [7, 11) is 0. The first-order valence-corrected chi connectivity index (χ1v) is 3.98. The van der Waals surface area contributed by atoms with Crippen molar-refractivity contribution in [3.63, 3.8) is 0 Å². The van der Waals surface area contributed by atoms with Crippen LogP contribution < -0.4 is 5.56 Å². The molecule has 0 spiro atoms. The van der Waals surface area contributed by atoms with Crippen molar-refractivity contribution in [3.8, 4) is 0 Å². The molecular weight excluding hydrogens is 174 g/mol. The molecule has 0 saturated carbocycles. The number of nitrogens with zero attached hydrogens (tertiary/aromatic N) is 1. The van der Waals surface area contributed by atoms with Crippen LogP contribution in [-0.4, -0.2) is 4.57 Å². The lowest BCUT2D eigenvalue weighted by molar-refractivity contribution is 0.749. The highest BCUT2D eigenvalue weighted by molar-refractivity contribution is 6.30. The van der Waals surface area contributed by atoms with Crippen molar-refractivity contribution in [1.82, 2.24) is 4.57 Å². The van der Waals surface area contributed by atoms with Crippen molar-refractivity contribution >= 4 is 11.6 Å². The monoisotopic (exact) mass is 183 g/mol. The molecule has 0 unspecified atom stereocenters. The summed E-state index contributed by atoms with van der Waals surface area (Å²) in [5.74, 6) is 0. The fourth-order valence-corrected chi connectivity index (χ4v) is 1.10. The second kappa shape index (κ2) is 3.59. The van der Waals surface area contributed by atoms with Gasteiger partial charge in [-0.15, -0.1) is 0 Å². The third kappa shape index (κ3) is 2.24. The standard InChI is InChI=1S/C9H10ClNO/c1-7(2)5-11-6-8(10)3-4-9(11)12/h3-4,6H,1,5H2,2H3. The van der Waals surface area contributed by atoms with Crippen LogP contribution in [0.25, 0.3) is 0 Å². The molecule has 0 bridgehead atoms. The molecule has 0 N–H and O–H groups in total. The van der Waals surface area contributed by atoms with Gasteiger partial charge in [0.1, 0.15) is 0 Å². The van der Waals surface area contributed by atoms with Crippen molar-refractivity contribution in [2.24, 2.45) is 0 Å². The van der Waals surface area contributed by atoms with E-state index in [-0.39, 0.29) is 5.56 Å². The van der Waals surface area contributed by atoms with E-state index in [1.807, 2.05) is 6.92 Å². The molecule has 0 amide bonds. The predicted molar refractivity (Wildman–Crippen MR) is 50.5 cm³/mol. The summed E-state index contributed by atoms with van der Waals surface area (Å²) in [5, 5.41) is 0.566. The highest BCUT2D eigenvalue weighted by Gasteiger charge is 1.95. The fraction of sp³-hybridized carbons (Fsp3) is 0.222. The average molecular weight is 184 g/mol. The molecule has 1 aromatic heterocycles.